The third-order valence-corrected chi connectivity index (χ3v) is 2.46. The van der Waals surface area contributed by atoms with Crippen molar-refractivity contribution in [2.24, 2.45) is 0 Å². The Kier molecular flexibility index (Phi) is 6.91. The molecule has 0 amide bonds. The topological polar surface area (TPSA) is 88.6 Å². The van der Waals surface area contributed by atoms with Gasteiger partial charge in [0.25, 0.3) is 0 Å². The summed E-state index contributed by atoms with van der Waals surface area (Å²) in [7, 11) is 1.62. The summed E-state index contributed by atoms with van der Waals surface area (Å²) in [4.78, 5) is 11.8. The number of nitrogens with two attached hydrogens (primary N) is 1. The molecule has 0 radical (unpaired) electrons. The molecular formula is C12H21N3O4. The van der Waals surface area contributed by atoms with Crippen molar-refractivity contribution in [3.63, 3.8) is 0 Å². The molecule has 0 aliphatic rings. The number of esters is 1. The quantitative estimate of drug-likeness (QED) is 0.525. The van der Waals surface area contributed by atoms with Gasteiger partial charge < -0.3 is 19.9 Å². The van der Waals surface area contributed by atoms with Gasteiger partial charge in [-0.25, -0.2) is 4.79 Å². The number of methoxy groups -OCH3 is 1. The Hall–Kier alpha value is -1.60. The number of hydrogen-bond donors (Lipinski definition) is 1. The van der Waals surface area contributed by atoms with Crippen molar-refractivity contribution in [2.45, 2.75) is 19.9 Å². The number of nitrogen functional groups attached to an aromatic ring is 1. The van der Waals surface area contributed by atoms with Crippen molar-refractivity contribution in [3.05, 3.63) is 11.9 Å². The van der Waals surface area contributed by atoms with E-state index in [-0.39, 0.29) is 0 Å². The molecule has 1 rings (SSSR count). The van der Waals surface area contributed by atoms with Crippen LogP contribution in [0.1, 0.15) is 23.8 Å². The molecule has 7 heteroatoms. The molecule has 0 aliphatic heterocycles. The zero-order valence-corrected chi connectivity index (χ0v) is 11.4. The molecule has 1 aromatic heterocycles. The fourth-order valence-corrected chi connectivity index (χ4v) is 1.50. The Bertz CT molecular complexity index is 392. The van der Waals surface area contributed by atoms with Crippen LogP contribution in [0.25, 0.3) is 0 Å². The molecule has 1 heterocycles. The summed E-state index contributed by atoms with van der Waals surface area (Å²) in [5, 5.41) is 3.99. The van der Waals surface area contributed by atoms with Gasteiger partial charge in [-0.15, -0.1) is 0 Å². The van der Waals surface area contributed by atoms with E-state index in [1.54, 1.807) is 7.11 Å². The minimum atomic E-state index is -0.450. The van der Waals surface area contributed by atoms with Crippen molar-refractivity contribution < 1.29 is 19.0 Å². The number of ether oxygens (including phenoxy) is 3. The molecular weight excluding hydrogens is 250 g/mol. The Morgan fingerprint density at radius 1 is 1.37 bits per heavy atom. The number of aromatic nitrogens is 2. The van der Waals surface area contributed by atoms with Crippen LogP contribution >= 0.6 is 0 Å². The Morgan fingerprint density at radius 3 is 2.84 bits per heavy atom. The SMILES string of the molecule is CCn1ncc(N)c1C(=O)OCCCOCCOC. The second-order valence-electron chi connectivity index (χ2n) is 3.86. The molecule has 0 saturated heterocycles. The monoisotopic (exact) mass is 271 g/mol. The highest BCUT2D eigenvalue weighted by molar-refractivity contribution is 5.93. The van der Waals surface area contributed by atoms with Crippen molar-refractivity contribution in [1.82, 2.24) is 9.78 Å². The van der Waals surface area contributed by atoms with E-state index in [0.29, 0.717) is 50.8 Å². The number of rotatable bonds is 9. The first-order valence-corrected chi connectivity index (χ1v) is 6.25. The molecule has 0 aromatic carbocycles. The van der Waals surface area contributed by atoms with E-state index < -0.39 is 5.97 Å². The minimum absolute atomic E-state index is 0.292. The highest BCUT2D eigenvalue weighted by atomic mass is 16.5. The van der Waals surface area contributed by atoms with E-state index in [0.717, 1.165) is 0 Å². The normalized spacial score (nSPS) is 10.6. The first-order valence-electron chi connectivity index (χ1n) is 6.25. The fraction of sp³-hybridized carbons (Fsp3) is 0.667. The van der Waals surface area contributed by atoms with E-state index in [1.807, 2.05) is 6.92 Å². The molecule has 0 fully saturated rings. The number of nitrogens with zero attached hydrogens (tertiary/aromatic N) is 2. The van der Waals surface area contributed by atoms with Gasteiger partial charge in [0.1, 0.15) is 0 Å². The van der Waals surface area contributed by atoms with Crippen LogP contribution in [0.5, 0.6) is 0 Å². The van der Waals surface area contributed by atoms with Gasteiger partial charge in [0.2, 0.25) is 0 Å². The van der Waals surface area contributed by atoms with E-state index in [1.165, 1.54) is 10.9 Å². The summed E-state index contributed by atoms with van der Waals surface area (Å²) in [6, 6.07) is 0. The van der Waals surface area contributed by atoms with Gasteiger partial charge in [-0.2, -0.15) is 5.10 Å². The lowest BCUT2D eigenvalue weighted by Gasteiger charge is -2.07. The third-order valence-electron chi connectivity index (χ3n) is 2.46. The number of hydrogen-bond acceptors (Lipinski definition) is 6. The summed E-state index contributed by atoms with van der Waals surface area (Å²) in [5.74, 6) is -0.450. The number of aryl methyl sites for hydroxylation is 1. The summed E-state index contributed by atoms with van der Waals surface area (Å²) < 4.78 is 16.7. The second kappa shape index (κ2) is 8.49. The lowest BCUT2D eigenvalue weighted by molar-refractivity contribution is 0.0376. The Labute approximate surface area is 112 Å². The molecule has 1 aromatic rings. The molecule has 0 aliphatic carbocycles. The molecule has 0 saturated carbocycles. The summed E-state index contributed by atoms with van der Waals surface area (Å²) in [6.07, 6.45) is 2.09. The number of carbonyl (C=O) groups is 1. The van der Waals surface area contributed by atoms with Crippen molar-refractivity contribution >= 4 is 11.7 Å². The van der Waals surface area contributed by atoms with Crippen molar-refractivity contribution in [1.29, 1.82) is 0 Å². The maximum Gasteiger partial charge on any atom is 0.358 e. The predicted octanol–water partition coefficient (Wildman–Crippen LogP) is 0.695. The van der Waals surface area contributed by atoms with Crippen LogP contribution in [0.4, 0.5) is 5.69 Å². The standard InChI is InChI=1S/C12H21N3O4/c1-3-15-11(10(13)9-14-15)12(16)19-6-4-5-18-8-7-17-2/h9H,3-8,13H2,1-2H3. The van der Waals surface area contributed by atoms with E-state index in [4.69, 9.17) is 19.9 Å². The maximum atomic E-state index is 11.8. The van der Waals surface area contributed by atoms with E-state index >= 15 is 0 Å². The average molecular weight is 271 g/mol. The summed E-state index contributed by atoms with van der Waals surface area (Å²) in [5.41, 5.74) is 6.32. The first kappa shape index (κ1) is 15.5. The number of carbonyl (C=O) groups excluding carboxylic acids is 1. The molecule has 0 bridgehead atoms. The van der Waals surface area contributed by atoms with Gasteiger partial charge in [0.05, 0.1) is 31.7 Å². The molecule has 0 spiro atoms. The molecule has 0 atom stereocenters. The van der Waals surface area contributed by atoms with Crippen LogP contribution in [-0.4, -0.2) is 49.3 Å². The highest BCUT2D eigenvalue weighted by Crippen LogP contribution is 2.12. The van der Waals surface area contributed by atoms with E-state index in [9.17, 15) is 4.79 Å². The smallest absolute Gasteiger partial charge is 0.358 e. The van der Waals surface area contributed by atoms with Crippen LogP contribution in [0.2, 0.25) is 0 Å². The Morgan fingerprint density at radius 2 is 2.16 bits per heavy atom. The molecule has 7 nitrogen and oxygen atoms in total. The van der Waals surface area contributed by atoms with Crippen molar-refractivity contribution in [2.75, 3.05) is 39.3 Å². The van der Waals surface area contributed by atoms with Crippen LogP contribution in [-0.2, 0) is 20.8 Å². The first-order chi connectivity index (χ1) is 9.20. The molecule has 0 unspecified atom stereocenters. The van der Waals surface area contributed by atoms with Gasteiger partial charge in [-0.1, -0.05) is 0 Å². The number of anilines is 1. The average Bonchev–Trinajstić information content (AvgIpc) is 2.78. The zero-order valence-electron chi connectivity index (χ0n) is 11.4. The van der Waals surface area contributed by atoms with Gasteiger partial charge in [0.15, 0.2) is 5.69 Å². The van der Waals surface area contributed by atoms with Crippen LogP contribution in [0.3, 0.4) is 0 Å². The van der Waals surface area contributed by atoms with Crippen LogP contribution in [0, 0.1) is 0 Å². The van der Waals surface area contributed by atoms with Gasteiger partial charge >= 0.3 is 5.97 Å². The third kappa shape index (κ3) is 4.88. The van der Waals surface area contributed by atoms with Gasteiger partial charge in [0, 0.05) is 26.7 Å². The van der Waals surface area contributed by atoms with Gasteiger partial charge in [-0.05, 0) is 6.92 Å². The molecule has 19 heavy (non-hydrogen) atoms. The summed E-state index contributed by atoms with van der Waals surface area (Å²) >= 11 is 0. The summed E-state index contributed by atoms with van der Waals surface area (Å²) in [6.45, 7) is 4.37. The zero-order chi connectivity index (χ0) is 14.1. The Balaban J connectivity index is 2.26. The van der Waals surface area contributed by atoms with Gasteiger partial charge in [-0.3, -0.25) is 4.68 Å². The van der Waals surface area contributed by atoms with E-state index in [2.05, 4.69) is 5.10 Å². The van der Waals surface area contributed by atoms with Crippen LogP contribution in [0.15, 0.2) is 6.20 Å². The highest BCUT2D eigenvalue weighted by Gasteiger charge is 2.17. The molecule has 108 valence electrons. The maximum absolute atomic E-state index is 11.8. The lowest BCUT2D eigenvalue weighted by Crippen LogP contribution is -2.15. The van der Waals surface area contributed by atoms with Crippen LogP contribution < -0.4 is 5.73 Å². The fourth-order valence-electron chi connectivity index (χ4n) is 1.50. The predicted molar refractivity (Wildman–Crippen MR) is 69.9 cm³/mol. The minimum Gasteiger partial charge on any atom is -0.461 e. The second-order valence-corrected chi connectivity index (χ2v) is 3.86. The van der Waals surface area contributed by atoms with Crippen molar-refractivity contribution in [3.8, 4) is 0 Å². The molecule has 2 N–H and O–H groups in total. The lowest BCUT2D eigenvalue weighted by atomic mass is 10.3. The largest absolute Gasteiger partial charge is 0.461 e.